The normalized spacial score (nSPS) is 11.1. The lowest BCUT2D eigenvalue weighted by atomic mass is 10.1. The van der Waals surface area contributed by atoms with Crippen molar-refractivity contribution in [1.82, 2.24) is 4.98 Å². The number of hydrogen-bond acceptors (Lipinski definition) is 5. The lowest BCUT2D eigenvalue weighted by molar-refractivity contribution is 0.0636. The molecular weight excluding hydrogens is 300 g/mol. The molecule has 6 heteroatoms. The van der Waals surface area contributed by atoms with Gasteiger partial charge < -0.3 is 9.47 Å². The van der Waals surface area contributed by atoms with Crippen molar-refractivity contribution in [3.63, 3.8) is 0 Å². The van der Waals surface area contributed by atoms with Crippen LogP contribution in [0.2, 0.25) is 0 Å². The molecule has 0 saturated carbocycles. The minimum absolute atomic E-state index is 0.466. The number of aromatic nitrogens is 1. The van der Waals surface area contributed by atoms with Crippen molar-refractivity contribution in [2.75, 3.05) is 12.4 Å². The minimum atomic E-state index is -0.513. The number of amides is 1. The quantitative estimate of drug-likeness (QED) is 0.921. The lowest BCUT2D eigenvalue weighted by Gasteiger charge is -2.19. The number of nitrogens with one attached hydrogen (secondary N) is 1. The highest BCUT2D eigenvalue weighted by atomic mass is 32.1. The Morgan fingerprint density at radius 3 is 2.55 bits per heavy atom. The smallest absolute Gasteiger partial charge is 0.412 e. The summed E-state index contributed by atoms with van der Waals surface area (Å²) in [6, 6.07) is 7.84. The van der Waals surface area contributed by atoms with Crippen molar-refractivity contribution in [2.24, 2.45) is 0 Å². The molecule has 2 rings (SSSR count). The lowest BCUT2D eigenvalue weighted by Crippen LogP contribution is -2.26. The van der Waals surface area contributed by atoms with E-state index in [1.807, 2.05) is 45.0 Å². The van der Waals surface area contributed by atoms with Crippen LogP contribution in [0.15, 0.2) is 30.5 Å². The van der Waals surface area contributed by atoms with E-state index in [0.29, 0.717) is 11.4 Å². The van der Waals surface area contributed by atoms with Crippen LogP contribution in [0.3, 0.4) is 0 Å². The molecule has 0 aliphatic carbocycles. The molecule has 1 aromatic carbocycles. The first-order valence-corrected chi connectivity index (χ1v) is 7.75. The van der Waals surface area contributed by atoms with Crippen LogP contribution in [-0.2, 0) is 11.2 Å². The van der Waals surface area contributed by atoms with E-state index in [1.165, 1.54) is 11.3 Å². The molecule has 1 aromatic heterocycles. The molecule has 0 aliphatic rings. The monoisotopic (exact) mass is 320 g/mol. The van der Waals surface area contributed by atoms with Gasteiger partial charge in [0.1, 0.15) is 16.4 Å². The summed E-state index contributed by atoms with van der Waals surface area (Å²) >= 11 is 1.44. The van der Waals surface area contributed by atoms with Crippen molar-refractivity contribution < 1.29 is 14.3 Å². The van der Waals surface area contributed by atoms with Gasteiger partial charge in [-0.15, -0.1) is 11.3 Å². The predicted molar refractivity (Wildman–Crippen MR) is 87.8 cm³/mol. The summed E-state index contributed by atoms with van der Waals surface area (Å²) in [6.45, 7) is 5.48. The van der Waals surface area contributed by atoms with Gasteiger partial charge in [-0.3, -0.25) is 5.32 Å². The summed E-state index contributed by atoms with van der Waals surface area (Å²) in [7, 11) is 1.64. The van der Waals surface area contributed by atoms with Gasteiger partial charge in [0.05, 0.1) is 18.3 Å². The van der Waals surface area contributed by atoms with Crippen molar-refractivity contribution in [3.05, 3.63) is 41.0 Å². The predicted octanol–water partition coefficient (Wildman–Crippen LogP) is 4.09. The van der Waals surface area contributed by atoms with E-state index in [-0.39, 0.29) is 0 Å². The third-order valence-corrected chi connectivity index (χ3v) is 3.60. The van der Waals surface area contributed by atoms with Crippen molar-refractivity contribution in [3.8, 4) is 5.75 Å². The molecule has 22 heavy (non-hydrogen) atoms. The average Bonchev–Trinajstić information content (AvgIpc) is 2.84. The fraction of sp³-hybridized carbons (Fsp3) is 0.375. The molecule has 118 valence electrons. The molecule has 1 amide bonds. The number of methoxy groups -OCH3 is 1. The molecule has 0 aliphatic heterocycles. The average molecular weight is 320 g/mol. The third kappa shape index (κ3) is 5.04. The molecule has 1 heterocycles. The van der Waals surface area contributed by atoms with E-state index >= 15 is 0 Å². The van der Waals surface area contributed by atoms with E-state index in [1.54, 1.807) is 13.3 Å². The summed E-state index contributed by atoms with van der Waals surface area (Å²) in [5.74, 6) is 0.829. The maximum Gasteiger partial charge on any atom is 0.412 e. The molecule has 0 fully saturated rings. The van der Waals surface area contributed by atoms with Crippen LogP contribution in [-0.4, -0.2) is 23.8 Å². The number of rotatable bonds is 4. The SMILES string of the molecule is COc1ccc(Cc2ncc(NC(=O)OC(C)(C)C)s2)cc1. The largest absolute Gasteiger partial charge is 0.497 e. The Bertz CT molecular complexity index is 630. The third-order valence-electron chi connectivity index (χ3n) is 2.69. The topological polar surface area (TPSA) is 60.5 Å². The maximum atomic E-state index is 11.7. The first kappa shape index (κ1) is 16.3. The molecule has 0 saturated heterocycles. The molecular formula is C16H20N2O3S. The second-order valence-electron chi connectivity index (χ2n) is 5.77. The maximum absolute atomic E-state index is 11.7. The zero-order valence-electron chi connectivity index (χ0n) is 13.2. The number of benzene rings is 1. The van der Waals surface area contributed by atoms with Crippen molar-refractivity contribution >= 4 is 22.4 Å². The van der Waals surface area contributed by atoms with Gasteiger partial charge in [-0.2, -0.15) is 0 Å². The standard InChI is InChI=1S/C16H20N2O3S/c1-16(2,3)21-15(19)18-14-10-17-13(22-14)9-11-5-7-12(20-4)8-6-11/h5-8,10H,9H2,1-4H3,(H,18,19). The van der Waals surface area contributed by atoms with Gasteiger partial charge in [-0.05, 0) is 38.5 Å². The number of hydrogen-bond donors (Lipinski definition) is 1. The molecule has 0 radical (unpaired) electrons. The highest BCUT2D eigenvalue weighted by Gasteiger charge is 2.17. The highest BCUT2D eigenvalue weighted by Crippen LogP contribution is 2.23. The summed E-state index contributed by atoms with van der Waals surface area (Å²) in [5, 5.41) is 4.30. The van der Waals surface area contributed by atoms with E-state index in [0.717, 1.165) is 16.3 Å². The van der Waals surface area contributed by atoms with Crippen LogP contribution >= 0.6 is 11.3 Å². The van der Waals surface area contributed by atoms with E-state index in [9.17, 15) is 4.79 Å². The fourth-order valence-corrected chi connectivity index (χ4v) is 2.61. The number of anilines is 1. The van der Waals surface area contributed by atoms with Crippen molar-refractivity contribution in [1.29, 1.82) is 0 Å². The Hall–Kier alpha value is -2.08. The number of carbonyl (C=O) groups excluding carboxylic acids is 1. The van der Waals surface area contributed by atoms with Crippen molar-refractivity contribution in [2.45, 2.75) is 32.8 Å². The summed E-state index contributed by atoms with van der Waals surface area (Å²) in [6.07, 6.45) is 1.89. The Morgan fingerprint density at radius 2 is 1.95 bits per heavy atom. The molecule has 0 spiro atoms. The summed E-state index contributed by atoms with van der Waals surface area (Å²) in [5.41, 5.74) is 0.625. The first-order chi connectivity index (χ1) is 10.4. The van der Waals surface area contributed by atoms with Crippen LogP contribution in [0.5, 0.6) is 5.75 Å². The van der Waals surface area contributed by atoms with Crippen LogP contribution in [0.25, 0.3) is 0 Å². The van der Waals surface area contributed by atoms with Crippen LogP contribution in [0.4, 0.5) is 9.80 Å². The van der Waals surface area contributed by atoms with Crippen LogP contribution < -0.4 is 10.1 Å². The molecule has 0 atom stereocenters. The number of thiazole rings is 1. The number of carbonyl (C=O) groups is 1. The van der Waals surface area contributed by atoms with E-state index in [4.69, 9.17) is 9.47 Å². The molecule has 0 bridgehead atoms. The second kappa shape index (κ2) is 6.79. The summed E-state index contributed by atoms with van der Waals surface area (Å²) in [4.78, 5) is 16.0. The molecule has 0 unspecified atom stereocenters. The van der Waals surface area contributed by atoms with Gasteiger partial charge in [-0.25, -0.2) is 9.78 Å². The molecule has 1 N–H and O–H groups in total. The first-order valence-electron chi connectivity index (χ1n) is 6.93. The minimum Gasteiger partial charge on any atom is -0.497 e. The van der Waals surface area contributed by atoms with Gasteiger partial charge in [0.2, 0.25) is 0 Å². The van der Waals surface area contributed by atoms with Gasteiger partial charge >= 0.3 is 6.09 Å². The Labute approximate surface area is 134 Å². The Balaban J connectivity index is 1.94. The number of nitrogens with zero attached hydrogens (tertiary/aromatic N) is 1. The summed E-state index contributed by atoms with van der Waals surface area (Å²) < 4.78 is 10.3. The van der Waals surface area contributed by atoms with Gasteiger partial charge in [0.25, 0.3) is 0 Å². The fourth-order valence-electron chi connectivity index (χ4n) is 1.77. The molecule has 5 nitrogen and oxygen atoms in total. The van der Waals surface area contributed by atoms with Gasteiger partial charge in [0, 0.05) is 6.42 Å². The van der Waals surface area contributed by atoms with Crippen LogP contribution in [0, 0.1) is 0 Å². The Kier molecular flexibility index (Phi) is 5.03. The van der Waals surface area contributed by atoms with E-state index < -0.39 is 11.7 Å². The zero-order chi connectivity index (χ0) is 16.2. The Morgan fingerprint density at radius 1 is 1.27 bits per heavy atom. The highest BCUT2D eigenvalue weighted by molar-refractivity contribution is 7.15. The second-order valence-corrected chi connectivity index (χ2v) is 6.89. The van der Waals surface area contributed by atoms with Gasteiger partial charge in [0.15, 0.2) is 0 Å². The molecule has 2 aromatic rings. The zero-order valence-corrected chi connectivity index (χ0v) is 14.0. The van der Waals surface area contributed by atoms with E-state index in [2.05, 4.69) is 10.3 Å². The van der Waals surface area contributed by atoms with Gasteiger partial charge in [-0.1, -0.05) is 12.1 Å². The van der Waals surface area contributed by atoms with Crippen LogP contribution in [0.1, 0.15) is 31.3 Å². The number of ether oxygens (including phenoxy) is 2.